The van der Waals surface area contributed by atoms with Crippen molar-refractivity contribution >= 4 is 35.7 Å². The van der Waals surface area contributed by atoms with Gasteiger partial charge in [-0.05, 0) is 17.7 Å². The molecule has 1 unspecified atom stereocenters. The van der Waals surface area contributed by atoms with Gasteiger partial charge in [0.2, 0.25) is 11.8 Å². The van der Waals surface area contributed by atoms with E-state index in [0.717, 1.165) is 5.56 Å². The number of rotatable bonds is 9. The highest BCUT2D eigenvalue weighted by molar-refractivity contribution is 5.96. The fourth-order valence-corrected chi connectivity index (χ4v) is 2.32. The van der Waals surface area contributed by atoms with Crippen LogP contribution in [0.2, 0.25) is 0 Å². The minimum absolute atomic E-state index is 0. The number of amides is 2. The number of aliphatic hydroxyl groups excluding tert-OH is 1. The van der Waals surface area contributed by atoms with Gasteiger partial charge in [0, 0.05) is 17.8 Å². The third kappa shape index (κ3) is 7.26. The van der Waals surface area contributed by atoms with Crippen LogP contribution in [0.5, 0.6) is 0 Å². The average molecular weight is 406 g/mol. The fourth-order valence-electron chi connectivity index (χ4n) is 2.32. The number of halogens is 1. The maximum atomic E-state index is 12.2. The summed E-state index contributed by atoms with van der Waals surface area (Å²) >= 11 is 0. The highest BCUT2D eigenvalue weighted by Crippen LogP contribution is 2.11. The number of aliphatic hydroxyl groups is 1. The first-order chi connectivity index (χ1) is 13.0. The minimum Gasteiger partial charge on any atom is -0.394 e. The molecule has 1 atom stereocenters. The molecule has 0 aromatic heterocycles. The third-order valence-corrected chi connectivity index (χ3v) is 3.77. The average Bonchev–Trinajstić information content (AvgIpc) is 2.69. The van der Waals surface area contributed by atoms with Crippen LogP contribution >= 0.6 is 12.4 Å². The van der Waals surface area contributed by atoms with Crippen LogP contribution < -0.4 is 21.7 Å². The van der Waals surface area contributed by atoms with Gasteiger partial charge in [-0.1, -0.05) is 42.5 Å². The molecule has 0 saturated carbocycles. The van der Waals surface area contributed by atoms with Gasteiger partial charge in [-0.3, -0.25) is 15.0 Å². The highest BCUT2D eigenvalue weighted by Gasteiger charge is 2.18. The van der Waals surface area contributed by atoms with Crippen molar-refractivity contribution in [2.24, 2.45) is 5.73 Å². The van der Waals surface area contributed by atoms with Gasteiger partial charge in [0.15, 0.2) is 0 Å². The maximum Gasteiger partial charge on any atom is 0.245 e. The van der Waals surface area contributed by atoms with Crippen LogP contribution in [0.1, 0.15) is 11.1 Å². The van der Waals surface area contributed by atoms with Gasteiger partial charge in [-0.2, -0.15) is 0 Å². The zero-order valence-electron chi connectivity index (χ0n) is 15.1. The quantitative estimate of drug-likeness (QED) is 0.268. The van der Waals surface area contributed by atoms with Crippen molar-refractivity contribution < 1.29 is 14.7 Å². The number of carbonyl (C=O) groups excluding carboxylic acids is 2. The van der Waals surface area contributed by atoms with Gasteiger partial charge >= 0.3 is 0 Å². The van der Waals surface area contributed by atoms with Crippen LogP contribution in [-0.4, -0.2) is 41.9 Å². The van der Waals surface area contributed by atoms with E-state index in [4.69, 9.17) is 11.1 Å². The first kappa shape index (κ1) is 22.9. The molecule has 2 amide bonds. The number of hydrogen-bond acceptors (Lipinski definition) is 5. The summed E-state index contributed by atoms with van der Waals surface area (Å²) in [7, 11) is 0. The van der Waals surface area contributed by atoms with Crippen LogP contribution in [0, 0.1) is 5.41 Å². The number of carbonyl (C=O) groups is 2. The standard InChI is InChI=1S/C19H23N5O3.ClH/c20-18(21)14-7-4-8-15(9-14)24-16(12-25)19(27)23-11-17(26)22-10-13-5-2-1-3-6-13;/h1-9,16,24-25H,10-12H2,(H3,20,21)(H,22,26)(H,23,27);1H. The number of amidine groups is 1. The van der Waals surface area contributed by atoms with Crippen molar-refractivity contribution in [1.29, 1.82) is 5.41 Å². The molecule has 0 spiro atoms. The smallest absolute Gasteiger partial charge is 0.245 e. The normalized spacial score (nSPS) is 10.9. The molecule has 0 bridgehead atoms. The van der Waals surface area contributed by atoms with Gasteiger partial charge in [-0.25, -0.2) is 0 Å². The molecule has 28 heavy (non-hydrogen) atoms. The molecule has 0 aliphatic carbocycles. The molecule has 0 heterocycles. The predicted octanol–water partition coefficient (Wildman–Crippen LogP) is 0.598. The lowest BCUT2D eigenvalue weighted by molar-refractivity contribution is -0.127. The summed E-state index contributed by atoms with van der Waals surface area (Å²) in [6, 6.07) is 15.1. The van der Waals surface area contributed by atoms with Gasteiger partial charge < -0.3 is 26.8 Å². The molecule has 0 saturated heterocycles. The van der Waals surface area contributed by atoms with Gasteiger partial charge in [-0.15, -0.1) is 12.4 Å². The minimum atomic E-state index is -0.936. The van der Waals surface area contributed by atoms with E-state index in [1.54, 1.807) is 24.3 Å². The van der Waals surface area contributed by atoms with Crippen LogP contribution in [0.25, 0.3) is 0 Å². The summed E-state index contributed by atoms with van der Waals surface area (Å²) in [5, 5.41) is 25.0. The Balaban J connectivity index is 0.00000392. The van der Waals surface area contributed by atoms with Crippen LogP contribution in [0.4, 0.5) is 5.69 Å². The van der Waals surface area contributed by atoms with Crippen molar-refractivity contribution in [1.82, 2.24) is 10.6 Å². The Bertz CT molecular complexity index is 801. The summed E-state index contributed by atoms with van der Waals surface area (Å²) in [5.74, 6) is -0.943. The van der Waals surface area contributed by atoms with E-state index < -0.39 is 18.6 Å². The largest absolute Gasteiger partial charge is 0.394 e. The summed E-state index contributed by atoms with van der Waals surface area (Å²) in [5.41, 5.74) is 7.43. The molecular weight excluding hydrogens is 382 g/mol. The molecule has 7 N–H and O–H groups in total. The Hall–Kier alpha value is -3.10. The lowest BCUT2D eigenvalue weighted by Crippen LogP contribution is -2.45. The van der Waals surface area contributed by atoms with Gasteiger partial charge in [0.1, 0.15) is 11.9 Å². The molecule has 150 valence electrons. The van der Waals surface area contributed by atoms with E-state index in [0.29, 0.717) is 17.8 Å². The van der Waals surface area contributed by atoms with Crippen molar-refractivity contribution in [2.45, 2.75) is 12.6 Å². The van der Waals surface area contributed by atoms with E-state index in [1.165, 1.54) is 0 Å². The predicted molar refractivity (Wildman–Crippen MR) is 111 cm³/mol. The van der Waals surface area contributed by atoms with Crippen LogP contribution in [0.15, 0.2) is 54.6 Å². The molecule has 2 rings (SSSR count). The molecule has 0 aliphatic heterocycles. The first-order valence-corrected chi connectivity index (χ1v) is 8.40. The Morgan fingerprint density at radius 2 is 1.79 bits per heavy atom. The number of anilines is 1. The zero-order valence-corrected chi connectivity index (χ0v) is 16.0. The number of nitrogens with two attached hydrogens (primary N) is 1. The lowest BCUT2D eigenvalue weighted by Gasteiger charge is -2.17. The molecule has 0 radical (unpaired) electrons. The number of nitrogen functional groups attached to an aromatic ring is 1. The van der Waals surface area contributed by atoms with Crippen LogP contribution in [-0.2, 0) is 16.1 Å². The molecule has 2 aromatic carbocycles. The third-order valence-electron chi connectivity index (χ3n) is 3.77. The Labute approximate surface area is 169 Å². The summed E-state index contributed by atoms with van der Waals surface area (Å²) in [6.07, 6.45) is 0. The number of nitrogens with one attached hydrogen (secondary N) is 4. The van der Waals surface area contributed by atoms with E-state index in [-0.39, 0.29) is 30.7 Å². The fraction of sp³-hybridized carbons (Fsp3) is 0.211. The number of benzene rings is 2. The van der Waals surface area contributed by atoms with Crippen molar-refractivity contribution in [2.75, 3.05) is 18.5 Å². The maximum absolute atomic E-state index is 12.2. The summed E-state index contributed by atoms with van der Waals surface area (Å²) in [4.78, 5) is 24.1. The second kappa shape index (κ2) is 11.6. The highest BCUT2D eigenvalue weighted by atomic mass is 35.5. The van der Waals surface area contributed by atoms with E-state index >= 15 is 0 Å². The van der Waals surface area contributed by atoms with Gasteiger partial charge in [0.25, 0.3) is 0 Å². The van der Waals surface area contributed by atoms with Crippen molar-refractivity contribution in [3.63, 3.8) is 0 Å². The van der Waals surface area contributed by atoms with Crippen molar-refractivity contribution in [3.05, 3.63) is 65.7 Å². The monoisotopic (exact) mass is 405 g/mol. The van der Waals surface area contributed by atoms with E-state index in [9.17, 15) is 14.7 Å². The SMILES string of the molecule is Cl.N=C(N)c1cccc(NC(CO)C(=O)NCC(=O)NCc2ccccc2)c1. The molecule has 0 fully saturated rings. The Kier molecular flexibility index (Phi) is 9.49. The second-order valence-electron chi connectivity index (χ2n) is 5.85. The van der Waals surface area contributed by atoms with Gasteiger partial charge in [0.05, 0.1) is 13.2 Å². The molecule has 2 aromatic rings. The van der Waals surface area contributed by atoms with Crippen molar-refractivity contribution in [3.8, 4) is 0 Å². The lowest BCUT2D eigenvalue weighted by atomic mass is 10.1. The second-order valence-corrected chi connectivity index (χ2v) is 5.85. The summed E-state index contributed by atoms with van der Waals surface area (Å²) in [6.45, 7) is -0.284. The molecule has 8 nitrogen and oxygen atoms in total. The molecular formula is C19H24ClN5O3. The first-order valence-electron chi connectivity index (χ1n) is 8.40. The van der Waals surface area contributed by atoms with E-state index in [1.807, 2.05) is 30.3 Å². The molecule has 9 heteroatoms. The molecule has 0 aliphatic rings. The topological polar surface area (TPSA) is 140 Å². The zero-order chi connectivity index (χ0) is 19.6. The Morgan fingerprint density at radius 1 is 1.07 bits per heavy atom. The summed E-state index contributed by atoms with van der Waals surface area (Å²) < 4.78 is 0. The number of hydrogen-bond donors (Lipinski definition) is 6. The van der Waals surface area contributed by atoms with Crippen LogP contribution in [0.3, 0.4) is 0 Å². The van der Waals surface area contributed by atoms with E-state index in [2.05, 4.69) is 16.0 Å². The Morgan fingerprint density at radius 3 is 2.43 bits per heavy atom.